The highest BCUT2D eigenvalue weighted by Gasteiger charge is 2.32. The zero-order valence-corrected chi connectivity index (χ0v) is 16.0. The second-order valence-electron chi connectivity index (χ2n) is 5.99. The molecule has 3 aromatic rings. The number of amides is 1. The number of carbonyl (C=O) groups is 1. The van der Waals surface area contributed by atoms with Crippen molar-refractivity contribution < 1.29 is 4.79 Å². The Hall–Kier alpha value is -2.12. The Labute approximate surface area is 155 Å². The molecule has 2 heterocycles. The van der Waals surface area contributed by atoms with Crippen molar-refractivity contribution in [2.75, 3.05) is 5.32 Å². The van der Waals surface area contributed by atoms with E-state index in [4.69, 9.17) is 0 Å². The van der Waals surface area contributed by atoms with Gasteiger partial charge >= 0.3 is 0 Å². The third-order valence-electron chi connectivity index (χ3n) is 3.74. The zero-order valence-electron chi connectivity index (χ0n) is 14.4. The van der Waals surface area contributed by atoms with Crippen LogP contribution in [0.25, 0.3) is 11.4 Å². The fourth-order valence-electron chi connectivity index (χ4n) is 2.33. The van der Waals surface area contributed by atoms with Crippen LogP contribution in [-0.4, -0.2) is 25.4 Å². The average molecular weight is 373 g/mol. The first-order valence-corrected chi connectivity index (χ1v) is 9.78. The summed E-state index contributed by atoms with van der Waals surface area (Å²) in [5.41, 5.74) is 1.84. The molecule has 130 valence electrons. The van der Waals surface area contributed by atoms with Crippen molar-refractivity contribution >= 4 is 34.7 Å². The van der Waals surface area contributed by atoms with Crippen LogP contribution in [0.5, 0.6) is 0 Å². The molecule has 1 N–H and O–H groups in total. The number of para-hydroxylation sites is 1. The predicted octanol–water partition coefficient (Wildman–Crippen LogP) is 4.54. The van der Waals surface area contributed by atoms with Crippen LogP contribution >= 0.6 is 23.1 Å². The highest BCUT2D eigenvalue weighted by molar-refractivity contribution is 8.01. The molecule has 1 amide bonds. The van der Waals surface area contributed by atoms with Gasteiger partial charge in [0.1, 0.15) is 0 Å². The lowest BCUT2D eigenvalue weighted by Crippen LogP contribution is -2.34. The first-order valence-electron chi connectivity index (χ1n) is 8.02. The fourth-order valence-corrected chi connectivity index (χ4v) is 3.97. The number of hydrogen-bond donors (Lipinski definition) is 1. The molecule has 0 aliphatic heterocycles. The van der Waals surface area contributed by atoms with Gasteiger partial charge in [-0.15, -0.1) is 10.2 Å². The Balaban J connectivity index is 1.80. The summed E-state index contributed by atoms with van der Waals surface area (Å²) in [6.07, 6.45) is 0. The summed E-state index contributed by atoms with van der Waals surface area (Å²) in [5, 5.41) is 16.4. The van der Waals surface area contributed by atoms with E-state index >= 15 is 0 Å². The molecule has 0 atom stereocenters. The first-order chi connectivity index (χ1) is 12.0. The monoisotopic (exact) mass is 372 g/mol. The smallest absolute Gasteiger partial charge is 0.240 e. The van der Waals surface area contributed by atoms with Gasteiger partial charge in [-0.2, -0.15) is 11.3 Å². The van der Waals surface area contributed by atoms with Gasteiger partial charge in [-0.1, -0.05) is 30.0 Å². The van der Waals surface area contributed by atoms with Crippen LogP contribution in [0.4, 0.5) is 5.69 Å². The van der Waals surface area contributed by atoms with Gasteiger partial charge < -0.3 is 9.88 Å². The Bertz CT molecular complexity index is 841. The van der Waals surface area contributed by atoms with Crippen molar-refractivity contribution in [3.8, 4) is 11.4 Å². The topological polar surface area (TPSA) is 59.8 Å². The van der Waals surface area contributed by atoms with Gasteiger partial charge in [-0.3, -0.25) is 4.79 Å². The number of aromatic nitrogens is 3. The minimum atomic E-state index is -0.679. The predicted molar refractivity (Wildman–Crippen MR) is 104 cm³/mol. The maximum atomic E-state index is 12.7. The summed E-state index contributed by atoms with van der Waals surface area (Å²) in [6, 6.07) is 11.5. The van der Waals surface area contributed by atoms with Crippen LogP contribution in [0, 0.1) is 0 Å². The largest absolute Gasteiger partial charge is 0.325 e. The lowest BCUT2D eigenvalue weighted by Gasteiger charge is -2.22. The SMILES string of the molecule is CCn1c(SC(C)(C)C(=O)Nc2ccccc2)nnc1-c1ccsc1. The molecule has 0 aliphatic carbocycles. The molecular weight excluding hydrogens is 352 g/mol. The zero-order chi connectivity index (χ0) is 17.9. The van der Waals surface area contributed by atoms with Gasteiger partial charge in [0.2, 0.25) is 5.91 Å². The molecule has 3 rings (SSSR count). The van der Waals surface area contributed by atoms with Crippen molar-refractivity contribution in [3.05, 3.63) is 47.2 Å². The average Bonchev–Trinajstić information content (AvgIpc) is 3.24. The lowest BCUT2D eigenvalue weighted by molar-refractivity contribution is -0.117. The van der Waals surface area contributed by atoms with Crippen molar-refractivity contribution in [1.82, 2.24) is 14.8 Å². The number of rotatable bonds is 6. The van der Waals surface area contributed by atoms with E-state index in [0.29, 0.717) is 0 Å². The third-order valence-corrected chi connectivity index (χ3v) is 5.60. The van der Waals surface area contributed by atoms with E-state index in [1.807, 2.05) is 60.2 Å². The summed E-state index contributed by atoms with van der Waals surface area (Å²) >= 11 is 3.05. The Morgan fingerprint density at radius 2 is 2.00 bits per heavy atom. The van der Waals surface area contributed by atoms with Gasteiger partial charge in [-0.05, 0) is 44.4 Å². The summed E-state index contributed by atoms with van der Waals surface area (Å²) in [6.45, 7) is 6.60. The Kier molecular flexibility index (Phi) is 5.24. The normalized spacial score (nSPS) is 11.5. The molecule has 7 heteroatoms. The highest BCUT2D eigenvalue weighted by atomic mass is 32.2. The van der Waals surface area contributed by atoms with Gasteiger partial charge in [0.05, 0.1) is 4.75 Å². The van der Waals surface area contributed by atoms with Crippen LogP contribution in [0.15, 0.2) is 52.3 Å². The first kappa shape index (κ1) is 17.7. The minimum Gasteiger partial charge on any atom is -0.325 e. The molecule has 0 unspecified atom stereocenters. The molecule has 0 fully saturated rings. The van der Waals surface area contributed by atoms with Crippen molar-refractivity contribution in [2.24, 2.45) is 0 Å². The highest BCUT2D eigenvalue weighted by Crippen LogP contribution is 2.34. The van der Waals surface area contributed by atoms with E-state index in [1.54, 1.807) is 11.3 Å². The van der Waals surface area contributed by atoms with E-state index in [1.165, 1.54) is 11.8 Å². The maximum Gasteiger partial charge on any atom is 0.240 e. The third kappa shape index (κ3) is 3.93. The minimum absolute atomic E-state index is 0.0635. The molecular formula is C18H20N4OS2. The number of thiophene rings is 1. The number of nitrogens with zero attached hydrogens (tertiary/aromatic N) is 3. The molecule has 0 aliphatic rings. The molecule has 0 saturated carbocycles. The number of nitrogens with one attached hydrogen (secondary N) is 1. The van der Waals surface area contributed by atoms with Crippen molar-refractivity contribution in [2.45, 2.75) is 37.2 Å². The fraction of sp³-hybridized carbons (Fsp3) is 0.278. The van der Waals surface area contributed by atoms with E-state index in [2.05, 4.69) is 27.8 Å². The van der Waals surface area contributed by atoms with Gasteiger partial charge in [-0.25, -0.2) is 0 Å². The van der Waals surface area contributed by atoms with E-state index < -0.39 is 4.75 Å². The van der Waals surface area contributed by atoms with Gasteiger partial charge in [0, 0.05) is 23.2 Å². The lowest BCUT2D eigenvalue weighted by atomic mass is 10.2. The van der Waals surface area contributed by atoms with E-state index in [-0.39, 0.29) is 5.91 Å². The number of thioether (sulfide) groups is 1. The van der Waals surface area contributed by atoms with Gasteiger partial charge in [0.25, 0.3) is 0 Å². The molecule has 0 radical (unpaired) electrons. The quantitative estimate of drug-likeness (QED) is 0.646. The molecule has 0 spiro atoms. The molecule has 0 saturated heterocycles. The van der Waals surface area contributed by atoms with Crippen molar-refractivity contribution in [1.29, 1.82) is 0 Å². The summed E-state index contributed by atoms with van der Waals surface area (Å²) in [5.74, 6) is 0.775. The molecule has 25 heavy (non-hydrogen) atoms. The Morgan fingerprint density at radius 1 is 1.24 bits per heavy atom. The number of hydrogen-bond acceptors (Lipinski definition) is 5. The second-order valence-corrected chi connectivity index (χ2v) is 8.36. The van der Waals surface area contributed by atoms with Crippen LogP contribution in [0.2, 0.25) is 0 Å². The molecule has 1 aromatic carbocycles. The molecule has 0 bridgehead atoms. The van der Waals surface area contributed by atoms with Crippen LogP contribution in [0.3, 0.4) is 0 Å². The van der Waals surface area contributed by atoms with Crippen molar-refractivity contribution in [3.63, 3.8) is 0 Å². The summed E-state index contributed by atoms with van der Waals surface area (Å²) in [7, 11) is 0. The number of anilines is 1. The second kappa shape index (κ2) is 7.41. The molecule has 2 aromatic heterocycles. The van der Waals surface area contributed by atoms with E-state index in [0.717, 1.165) is 28.8 Å². The number of benzene rings is 1. The molecule has 5 nitrogen and oxygen atoms in total. The number of carbonyl (C=O) groups excluding carboxylic acids is 1. The van der Waals surface area contributed by atoms with E-state index in [9.17, 15) is 4.79 Å². The summed E-state index contributed by atoms with van der Waals surface area (Å²) < 4.78 is 1.37. The van der Waals surface area contributed by atoms with Gasteiger partial charge in [0.15, 0.2) is 11.0 Å². The maximum absolute atomic E-state index is 12.7. The summed E-state index contributed by atoms with van der Waals surface area (Å²) in [4.78, 5) is 12.7. The van der Waals surface area contributed by atoms with Crippen LogP contribution < -0.4 is 5.32 Å². The standard InChI is InChI=1S/C18H20N4OS2/c1-4-22-15(13-10-11-24-12-13)20-21-17(22)25-18(2,3)16(23)19-14-8-6-5-7-9-14/h5-12H,4H2,1-3H3,(H,19,23). The Morgan fingerprint density at radius 3 is 2.64 bits per heavy atom. The van der Waals surface area contributed by atoms with Crippen LogP contribution in [0.1, 0.15) is 20.8 Å². The van der Waals surface area contributed by atoms with Crippen LogP contribution in [-0.2, 0) is 11.3 Å².